The van der Waals surface area contributed by atoms with Gasteiger partial charge >= 0.3 is 0 Å². The van der Waals surface area contributed by atoms with Gasteiger partial charge in [-0.3, -0.25) is 0 Å². The third-order valence-corrected chi connectivity index (χ3v) is 3.35. The van der Waals surface area contributed by atoms with E-state index < -0.39 is 0 Å². The maximum absolute atomic E-state index is 5.86. The van der Waals surface area contributed by atoms with Gasteiger partial charge in [0.05, 0.1) is 6.61 Å². The number of rotatable bonds is 8. The average Bonchev–Trinajstić information content (AvgIpc) is 3.18. The lowest BCUT2D eigenvalue weighted by Crippen LogP contribution is -2.17. The molecule has 0 saturated carbocycles. The highest BCUT2D eigenvalue weighted by Gasteiger charge is 2.45. The SMILES string of the molecule is C=Cc1ccc(CCOC2(CCCC)CO2)cc1. The van der Waals surface area contributed by atoms with Crippen LogP contribution in [0.4, 0.5) is 0 Å². The van der Waals surface area contributed by atoms with Crippen LogP contribution in [0.1, 0.15) is 37.3 Å². The lowest BCUT2D eigenvalue weighted by atomic mass is 10.1. The minimum absolute atomic E-state index is 0.239. The van der Waals surface area contributed by atoms with Crippen LogP contribution in [0.2, 0.25) is 0 Å². The number of unbranched alkanes of at least 4 members (excludes halogenated alkanes) is 1. The van der Waals surface area contributed by atoms with Crippen molar-refractivity contribution in [2.45, 2.75) is 38.4 Å². The predicted octanol–water partition coefficient (Wildman–Crippen LogP) is 3.81. The maximum atomic E-state index is 5.86. The molecule has 18 heavy (non-hydrogen) atoms. The first kappa shape index (κ1) is 13.3. The molecule has 1 aromatic rings. The zero-order valence-corrected chi connectivity index (χ0v) is 11.2. The highest BCUT2D eigenvalue weighted by Crippen LogP contribution is 2.34. The Bertz CT molecular complexity index is 377. The van der Waals surface area contributed by atoms with Gasteiger partial charge in [0.2, 0.25) is 0 Å². The van der Waals surface area contributed by atoms with E-state index in [0.717, 1.165) is 31.6 Å². The summed E-state index contributed by atoms with van der Waals surface area (Å²) in [5.74, 6) is -0.239. The molecule has 2 heteroatoms. The molecule has 98 valence electrons. The van der Waals surface area contributed by atoms with Crippen molar-refractivity contribution in [3.8, 4) is 0 Å². The summed E-state index contributed by atoms with van der Waals surface area (Å²) in [5, 5.41) is 0. The number of hydrogen-bond acceptors (Lipinski definition) is 2. The van der Waals surface area contributed by atoms with Crippen molar-refractivity contribution in [3.63, 3.8) is 0 Å². The molecule has 1 saturated heterocycles. The van der Waals surface area contributed by atoms with E-state index in [1.165, 1.54) is 18.4 Å². The van der Waals surface area contributed by atoms with Crippen LogP contribution < -0.4 is 0 Å². The van der Waals surface area contributed by atoms with Crippen molar-refractivity contribution in [1.82, 2.24) is 0 Å². The molecule has 2 nitrogen and oxygen atoms in total. The van der Waals surface area contributed by atoms with Crippen LogP contribution in [0.5, 0.6) is 0 Å². The van der Waals surface area contributed by atoms with Crippen molar-refractivity contribution >= 4 is 6.08 Å². The third-order valence-electron chi connectivity index (χ3n) is 3.35. The summed E-state index contributed by atoms with van der Waals surface area (Å²) < 4.78 is 11.3. The van der Waals surface area contributed by atoms with E-state index in [2.05, 4.69) is 37.8 Å². The van der Waals surface area contributed by atoms with Gasteiger partial charge in [0, 0.05) is 6.42 Å². The summed E-state index contributed by atoms with van der Waals surface area (Å²) in [6.07, 6.45) is 6.19. The summed E-state index contributed by atoms with van der Waals surface area (Å²) in [4.78, 5) is 0. The van der Waals surface area contributed by atoms with E-state index in [9.17, 15) is 0 Å². The fraction of sp³-hybridized carbons (Fsp3) is 0.500. The van der Waals surface area contributed by atoms with Gasteiger partial charge in [-0.2, -0.15) is 0 Å². The average molecular weight is 246 g/mol. The zero-order valence-electron chi connectivity index (χ0n) is 11.2. The topological polar surface area (TPSA) is 21.8 Å². The molecule has 0 aromatic heterocycles. The van der Waals surface area contributed by atoms with Crippen LogP contribution in [-0.2, 0) is 15.9 Å². The Hall–Kier alpha value is -1.12. The van der Waals surface area contributed by atoms with E-state index in [1.54, 1.807) is 0 Å². The van der Waals surface area contributed by atoms with Crippen LogP contribution >= 0.6 is 0 Å². The molecule has 0 N–H and O–H groups in total. The Morgan fingerprint density at radius 1 is 1.39 bits per heavy atom. The molecule has 1 fully saturated rings. The Kier molecular flexibility index (Phi) is 4.56. The molecule has 0 radical (unpaired) electrons. The first-order valence-corrected chi connectivity index (χ1v) is 6.77. The molecule has 1 aromatic carbocycles. The molecular formula is C16H22O2. The van der Waals surface area contributed by atoms with E-state index in [-0.39, 0.29) is 5.79 Å². The molecule has 1 heterocycles. The zero-order chi connectivity index (χ0) is 12.8. The molecule has 0 amide bonds. The summed E-state index contributed by atoms with van der Waals surface area (Å²) in [5.41, 5.74) is 2.46. The molecule has 0 spiro atoms. The largest absolute Gasteiger partial charge is 0.347 e. The van der Waals surface area contributed by atoms with Crippen LogP contribution in [0.3, 0.4) is 0 Å². The van der Waals surface area contributed by atoms with Crippen molar-refractivity contribution < 1.29 is 9.47 Å². The summed E-state index contributed by atoms with van der Waals surface area (Å²) in [6.45, 7) is 7.44. The molecule has 1 atom stereocenters. The summed E-state index contributed by atoms with van der Waals surface area (Å²) >= 11 is 0. The van der Waals surface area contributed by atoms with E-state index >= 15 is 0 Å². The monoisotopic (exact) mass is 246 g/mol. The first-order chi connectivity index (χ1) is 8.78. The second kappa shape index (κ2) is 6.17. The van der Waals surface area contributed by atoms with Gasteiger partial charge in [-0.15, -0.1) is 0 Å². The van der Waals surface area contributed by atoms with Gasteiger partial charge in [-0.05, 0) is 24.0 Å². The van der Waals surface area contributed by atoms with Crippen molar-refractivity contribution in [3.05, 3.63) is 42.0 Å². The summed E-state index contributed by atoms with van der Waals surface area (Å²) in [7, 11) is 0. The number of benzene rings is 1. The molecule has 0 bridgehead atoms. The fourth-order valence-corrected chi connectivity index (χ4v) is 2.00. The number of hydrogen-bond donors (Lipinski definition) is 0. The predicted molar refractivity (Wildman–Crippen MR) is 74.4 cm³/mol. The lowest BCUT2D eigenvalue weighted by molar-refractivity contribution is -0.0484. The van der Waals surface area contributed by atoms with Gasteiger partial charge in [-0.1, -0.05) is 50.3 Å². The Balaban J connectivity index is 1.73. The quantitative estimate of drug-likeness (QED) is 0.651. The third kappa shape index (κ3) is 3.69. The van der Waals surface area contributed by atoms with Crippen LogP contribution in [0, 0.1) is 0 Å². The van der Waals surface area contributed by atoms with Crippen LogP contribution in [-0.4, -0.2) is 19.0 Å². The molecule has 1 aliphatic heterocycles. The van der Waals surface area contributed by atoms with E-state index in [1.807, 2.05) is 6.08 Å². The van der Waals surface area contributed by atoms with Crippen molar-refractivity contribution in [2.24, 2.45) is 0 Å². The standard InChI is InChI=1S/C16H22O2/c1-3-5-11-16(13-18-16)17-12-10-15-8-6-14(4-2)7-9-15/h4,6-9H,2-3,5,10-13H2,1H3. The highest BCUT2D eigenvalue weighted by atomic mass is 16.8. The fourth-order valence-electron chi connectivity index (χ4n) is 2.00. The summed E-state index contributed by atoms with van der Waals surface area (Å²) in [6, 6.07) is 8.44. The molecule has 1 aliphatic rings. The van der Waals surface area contributed by atoms with E-state index in [0.29, 0.717) is 0 Å². The Morgan fingerprint density at radius 3 is 2.67 bits per heavy atom. The van der Waals surface area contributed by atoms with Crippen LogP contribution in [0.25, 0.3) is 6.08 Å². The number of ether oxygens (including phenoxy) is 2. The Morgan fingerprint density at radius 2 is 2.11 bits per heavy atom. The smallest absolute Gasteiger partial charge is 0.192 e. The minimum Gasteiger partial charge on any atom is -0.347 e. The van der Waals surface area contributed by atoms with Crippen molar-refractivity contribution in [1.29, 1.82) is 0 Å². The molecular weight excluding hydrogens is 224 g/mol. The normalized spacial score (nSPS) is 21.8. The Labute approximate surface area is 110 Å². The van der Waals surface area contributed by atoms with Gasteiger partial charge < -0.3 is 9.47 Å². The van der Waals surface area contributed by atoms with Gasteiger partial charge in [0.15, 0.2) is 5.79 Å². The van der Waals surface area contributed by atoms with Crippen LogP contribution in [0.15, 0.2) is 30.8 Å². The van der Waals surface area contributed by atoms with E-state index in [4.69, 9.17) is 9.47 Å². The first-order valence-electron chi connectivity index (χ1n) is 6.77. The second-order valence-electron chi connectivity index (χ2n) is 4.85. The van der Waals surface area contributed by atoms with Crippen molar-refractivity contribution in [2.75, 3.05) is 13.2 Å². The minimum atomic E-state index is -0.239. The molecule has 1 unspecified atom stereocenters. The molecule has 2 rings (SSSR count). The highest BCUT2D eigenvalue weighted by molar-refractivity contribution is 5.47. The molecule has 0 aliphatic carbocycles. The number of epoxide rings is 1. The lowest BCUT2D eigenvalue weighted by Gasteiger charge is -2.12. The van der Waals surface area contributed by atoms with Gasteiger partial charge in [0.1, 0.15) is 6.61 Å². The second-order valence-corrected chi connectivity index (χ2v) is 4.85. The maximum Gasteiger partial charge on any atom is 0.192 e. The van der Waals surface area contributed by atoms with Gasteiger partial charge in [0.25, 0.3) is 0 Å². The van der Waals surface area contributed by atoms with Gasteiger partial charge in [-0.25, -0.2) is 0 Å².